The van der Waals surface area contributed by atoms with Crippen LogP contribution >= 0.6 is 31.9 Å². The van der Waals surface area contributed by atoms with Gasteiger partial charge >= 0.3 is 0 Å². The number of rotatable bonds is 2. The summed E-state index contributed by atoms with van der Waals surface area (Å²) < 4.78 is 1.88. The van der Waals surface area contributed by atoms with Crippen LogP contribution in [0, 0.1) is 0 Å². The molecular formula is C7H8Br2N2. The van der Waals surface area contributed by atoms with E-state index in [-0.39, 0.29) is 6.04 Å². The summed E-state index contributed by atoms with van der Waals surface area (Å²) in [6.45, 7) is 3.60. The normalized spacial score (nSPS) is 13.0. The summed E-state index contributed by atoms with van der Waals surface area (Å²) in [5.74, 6) is 0. The van der Waals surface area contributed by atoms with Crippen molar-refractivity contribution in [2.45, 2.75) is 6.04 Å². The van der Waals surface area contributed by atoms with Crippen molar-refractivity contribution in [3.63, 3.8) is 0 Å². The van der Waals surface area contributed by atoms with Crippen molar-refractivity contribution in [2.75, 3.05) is 0 Å². The molecule has 1 heterocycles. The number of halogens is 2. The minimum absolute atomic E-state index is 0.127. The number of aromatic nitrogens is 1. The summed E-state index contributed by atoms with van der Waals surface area (Å²) in [4.78, 5) is 3.07. The lowest BCUT2D eigenvalue weighted by atomic mass is 10.2. The fourth-order valence-corrected chi connectivity index (χ4v) is 1.42. The first kappa shape index (κ1) is 9.03. The molecule has 0 aliphatic rings. The minimum Gasteiger partial charge on any atom is -0.351 e. The van der Waals surface area contributed by atoms with Crippen molar-refractivity contribution in [2.24, 2.45) is 5.73 Å². The van der Waals surface area contributed by atoms with Crippen molar-refractivity contribution in [3.8, 4) is 0 Å². The zero-order valence-corrected chi connectivity index (χ0v) is 8.94. The standard InChI is InChI=1S/C7H8Br2N2/c1-2-5(10)6-3-4(8)7(9)11-6/h2-3,5,11H,1,10H2/t5-/m0/s1. The van der Waals surface area contributed by atoms with E-state index in [2.05, 4.69) is 43.4 Å². The fraction of sp³-hybridized carbons (Fsp3) is 0.143. The van der Waals surface area contributed by atoms with Crippen LogP contribution in [0.2, 0.25) is 0 Å². The maximum atomic E-state index is 5.69. The van der Waals surface area contributed by atoms with Crippen LogP contribution in [0.15, 0.2) is 27.8 Å². The van der Waals surface area contributed by atoms with Gasteiger partial charge in [-0.15, -0.1) is 6.58 Å². The molecule has 2 nitrogen and oxygen atoms in total. The van der Waals surface area contributed by atoms with Gasteiger partial charge in [0.1, 0.15) is 0 Å². The third-order valence-electron chi connectivity index (χ3n) is 1.36. The Balaban J connectivity index is 2.96. The minimum atomic E-state index is -0.127. The largest absolute Gasteiger partial charge is 0.351 e. The molecule has 0 spiro atoms. The molecule has 1 rings (SSSR count). The second-order valence-corrected chi connectivity index (χ2v) is 3.80. The average molecular weight is 280 g/mol. The number of nitrogens with one attached hydrogen (secondary N) is 1. The highest BCUT2D eigenvalue weighted by Crippen LogP contribution is 2.25. The fourth-order valence-electron chi connectivity index (χ4n) is 0.729. The van der Waals surface area contributed by atoms with E-state index in [4.69, 9.17) is 5.73 Å². The predicted octanol–water partition coefficient (Wildman–Crippen LogP) is 2.73. The maximum absolute atomic E-state index is 5.69. The van der Waals surface area contributed by atoms with Crippen LogP contribution in [0.5, 0.6) is 0 Å². The highest BCUT2D eigenvalue weighted by molar-refractivity contribution is 9.13. The van der Waals surface area contributed by atoms with Crippen LogP contribution < -0.4 is 5.73 Å². The lowest BCUT2D eigenvalue weighted by Crippen LogP contribution is -2.06. The Labute approximate surface area is 82.1 Å². The van der Waals surface area contributed by atoms with Crippen LogP contribution in [-0.4, -0.2) is 4.98 Å². The van der Waals surface area contributed by atoms with Crippen LogP contribution in [0.1, 0.15) is 11.7 Å². The second-order valence-electron chi connectivity index (χ2n) is 2.15. The molecule has 0 saturated carbocycles. The lowest BCUT2D eigenvalue weighted by molar-refractivity contribution is 0.873. The molecule has 4 heteroatoms. The summed E-state index contributed by atoms with van der Waals surface area (Å²) in [6.07, 6.45) is 1.69. The Morgan fingerprint density at radius 1 is 1.64 bits per heavy atom. The van der Waals surface area contributed by atoms with Gasteiger partial charge < -0.3 is 10.7 Å². The van der Waals surface area contributed by atoms with E-state index in [1.807, 2.05) is 6.07 Å². The molecule has 0 unspecified atom stereocenters. The van der Waals surface area contributed by atoms with Gasteiger partial charge in [-0.25, -0.2) is 0 Å². The summed E-state index contributed by atoms with van der Waals surface area (Å²) in [5.41, 5.74) is 6.63. The summed E-state index contributed by atoms with van der Waals surface area (Å²) in [6, 6.07) is 1.80. The number of hydrogen-bond donors (Lipinski definition) is 2. The molecular weight excluding hydrogens is 272 g/mol. The van der Waals surface area contributed by atoms with Gasteiger partial charge in [0, 0.05) is 5.69 Å². The molecule has 0 aliphatic heterocycles. The third kappa shape index (κ3) is 1.95. The molecule has 11 heavy (non-hydrogen) atoms. The summed E-state index contributed by atoms with van der Waals surface area (Å²) >= 11 is 6.67. The first-order chi connectivity index (χ1) is 5.15. The molecule has 1 aromatic rings. The van der Waals surface area contributed by atoms with E-state index in [1.54, 1.807) is 6.08 Å². The monoisotopic (exact) mass is 278 g/mol. The van der Waals surface area contributed by atoms with Gasteiger partial charge in [-0.3, -0.25) is 0 Å². The molecule has 0 bridgehead atoms. The van der Waals surface area contributed by atoms with E-state index in [0.29, 0.717) is 0 Å². The molecule has 1 atom stereocenters. The number of H-pyrrole nitrogens is 1. The van der Waals surface area contributed by atoms with E-state index in [0.717, 1.165) is 14.8 Å². The molecule has 0 fully saturated rings. The van der Waals surface area contributed by atoms with Gasteiger partial charge in [-0.1, -0.05) is 6.08 Å². The van der Waals surface area contributed by atoms with Crippen LogP contribution in [0.25, 0.3) is 0 Å². The zero-order valence-electron chi connectivity index (χ0n) is 5.77. The molecule has 0 amide bonds. The Kier molecular flexibility index (Phi) is 2.92. The molecule has 0 aliphatic carbocycles. The van der Waals surface area contributed by atoms with E-state index >= 15 is 0 Å². The molecule has 60 valence electrons. The summed E-state index contributed by atoms with van der Waals surface area (Å²) in [5, 5.41) is 0. The average Bonchev–Trinajstić information content (AvgIpc) is 2.31. The highest BCUT2D eigenvalue weighted by atomic mass is 79.9. The first-order valence-electron chi connectivity index (χ1n) is 3.07. The number of hydrogen-bond acceptors (Lipinski definition) is 1. The van der Waals surface area contributed by atoms with Crippen molar-refractivity contribution >= 4 is 31.9 Å². The van der Waals surface area contributed by atoms with Crippen molar-refractivity contribution in [1.82, 2.24) is 4.98 Å². The van der Waals surface area contributed by atoms with Crippen molar-refractivity contribution in [3.05, 3.63) is 33.5 Å². The van der Waals surface area contributed by atoms with Gasteiger partial charge in [0.25, 0.3) is 0 Å². The van der Waals surface area contributed by atoms with Crippen molar-refractivity contribution < 1.29 is 0 Å². The van der Waals surface area contributed by atoms with E-state index in [1.165, 1.54) is 0 Å². The Hall–Kier alpha value is -0.0600. The van der Waals surface area contributed by atoms with Gasteiger partial charge in [0.2, 0.25) is 0 Å². The van der Waals surface area contributed by atoms with E-state index in [9.17, 15) is 0 Å². The van der Waals surface area contributed by atoms with Gasteiger partial charge in [-0.2, -0.15) is 0 Å². The zero-order chi connectivity index (χ0) is 8.43. The summed E-state index contributed by atoms with van der Waals surface area (Å²) in [7, 11) is 0. The maximum Gasteiger partial charge on any atom is 0.0966 e. The predicted molar refractivity (Wildman–Crippen MR) is 53.3 cm³/mol. The smallest absolute Gasteiger partial charge is 0.0966 e. The van der Waals surface area contributed by atoms with Crippen LogP contribution in [0.4, 0.5) is 0 Å². The highest BCUT2D eigenvalue weighted by Gasteiger charge is 2.06. The SMILES string of the molecule is C=C[C@H](N)c1cc(Br)c(Br)[nH]1. The molecule has 1 aromatic heterocycles. The Morgan fingerprint density at radius 2 is 2.27 bits per heavy atom. The molecule has 0 saturated heterocycles. The van der Waals surface area contributed by atoms with Crippen molar-refractivity contribution in [1.29, 1.82) is 0 Å². The molecule has 0 aromatic carbocycles. The Morgan fingerprint density at radius 3 is 2.64 bits per heavy atom. The number of aromatic amines is 1. The molecule has 0 radical (unpaired) electrons. The Bertz CT molecular complexity index is 248. The van der Waals surface area contributed by atoms with Gasteiger partial charge in [0.05, 0.1) is 15.1 Å². The second kappa shape index (κ2) is 3.56. The van der Waals surface area contributed by atoms with Gasteiger partial charge in [0.15, 0.2) is 0 Å². The third-order valence-corrected chi connectivity index (χ3v) is 3.14. The van der Waals surface area contributed by atoms with Crippen LogP contribution in [0.3, 0.4) is 0 Å². The lowest BCUT2D eigenvalue weighted by Gasteiger charge is -2.00. The van der Waals surface area contributed by atoms with E-state index < -0.39 is 0 Å². The topological polar surface area (TPSA) is 41.8 Å². The van der Waals surface area contributed by atoms with Crippen LogP contribution in [-0.2, 0) is 0 Å². The quantitative estimate of drug-likeness (QED) is 0.803. The first-order valence-corrected chi connectivity index (χ1v) is 4.65. The number of nitrogens with two attached hydrogens (primary N) is 1. The van der Waals surface area contributed by atoms with Gasteiger partial charge in [-0.05, 0) is 37.9 Å². The molecule has 3 N–H and O–H groups in total.